The zero-order valence-corrected chi connectivity index (χ0v) is 20.8. The smallest absolute Gasteiger partial charge is 0.303 e. The molecule has 0 aliphatic heterocycles. The Bertz CT molecular complexity index is 1080. The molecule has 0 amide bonds. The molecule has 0 aliphatic carbocycles. The van der Waals surface area contributed by atoms with E-state index in [1.54, 1.807) is 6.07 Å². The first-order chi connectivity index (χ1) is 16.2. The largest absolute Gasteiger partial charge is 0.505 e. The van der Waals surface area contributed by atoms with E-state index in [9.17, 15) is 15.0 Å². The van der Waals surface area contributed by atoms with Gasteiger partial charge in [-0.15, -0.1) is 15.0 Å². The van der Waals surface area contributed by atoms with E-state index in [0.717, 1.165) is 29.4 Å². The van der Waals surface area contributed by atoms with Crippen molar-refractivity contribution in [1.82, 2.24) is 15.0 Å². The van der Waals surface area contributed by atoms with Crippen molar-refractivity contribution in [3.05, 3.63) is 41.5 Å². The highest BCUT2D eigenvalue weighted by Crippen LogP contribution is 2.43. The predicted molar refractivity (Wildman–Crippen MR) is 134 cm³/mol. The number of carboxylic acid groups (broad SMARTS) is 1. The number of unbranched alkanes of at least 4 members (excludes halogenated alkanes) is 5. The Labute approximate surface area is 201 Å². The Kier molecular flexibility index (Phi) is 8.53. The van der Waals surface area contributed by atoms with Crippen LogP contribution in [0.1, 0.15) is 83.8 Å². The number of hydrogen-bond donors (Lipinski definition) is 2. The molecular weight excluding hydrogens is 430 g/mol. The quantitative estimate of drug-likeness (QED) is 0.309. The van der Waals surface area contributed by atoms with Crippen molar-refractivity contribution in [2.45, 2.75) is 84.5 Å². The number of phenolic OH excluding ortho intramolecular Hbond substituents is 1. The van der Waals surface area contributed by atoms with Gasteiger partial charge in [-0.2, -0.15) is 0 Å². The fourth-order valence-electron chi connectivity index (χ4n) is 4.28. The normalized spacial score (nSPS) is 11.8. The zero-order chi connectivity index (χ0) is 24.7. The third kappa shape index (κ3) is 6.27. The molecule has 2 N–H and O–H groups in total. The van der Waals surface area contributed by atoms with Crippen LogP contribution in [0.3, 0.4) is 0 Å². The average molecular weight is 468 g/mol. The Hall–Kier alpha value is -3.09. The first kappa shape index (κ1) is 25.5. The van der Waals surface area contributed by atoms with Gasteiger partial charge in [-0.25, -0.2) is 0 Å². The molecule has 0 radical (unpaired) electrons. The molecule has 0 atom stereocenters. The van der Waals surface area contributed by atoms with E-state index in [1.165, 1.54) is 30.5 Å². The number of aromatic hydroxyl groups is 1. The molecule has 0 aliphatic rings. The Morgan fingerprint density at radius 2 is 1.65 bits per heavy atom. The van der Waals surface area contributed by atoms with E-state index < -0.39 is 11.4 Å². The van der Waals surface area contributed by atoms with E-state index in [1.807, 2.05) is 45.0 Å². The van der Waals surface area contributed by atoms with Gasteiger partial charge in [0.25, 0.3) is 0 Å². The molecule has 184 valence electrons. The summed E-state index contributed by atoms with van der Waals surface area (Å²) in [6, 6.07) is 9.28. The number of ether oxygens (including phenoxy) is 1. The molecule has 1 heterocycles. The molecule has 2 aromatic carbocycles. The van der Waals surface area contributed by atoms with Crippen LogP contribution in [0.2, 0.25) is 0 Å². The fourth-order valence-corrected chi connectivity index (χ4v) is 4.28. The minimum atomic E-state index is -0.884. The molecule has 3 rings (SSSR count). The van der Waals surface area contributed by atoms with Crippen LogP contribution in [0.5, 0.6) is 11.5 Å². The third-order valence-corrected chi connectivity index (χ3v) is 5.94. The summed E-state index contributed by atoms with van der Waals surface area (Å²) in [7, 11) is 0. The van der Waals surface area contributed by atoms with Crippen molar-refractivity contribution in [2.24, 2.45) is 0 Å². The van der Waals surface area contributed by atoms with E-state index in [2.05, 4.69) is 17.1 Å². The van der Waals surface area contributed by atoms with Crippen molar-refractivity contribution >= 4 is 17.0 Å². The zero-order valence-electron chi connectivity index (χ0n) is 20.8. The number of rotatable bonds is 12. The molecule has 0 fully saturated rings. The summed E-state index contributed by atoms with van der Waals surface area (Å²) in [5.74, 6) is -0.237. The predicted octanol–water partition coefficient (Wildman–Crippen LogP) is 6.18. The maximum Gasteiger partial charge on any atom is 0.303 e. The molecule has 34 heavy (non-hydrogen) atoms. The molecular formula is C27H37N3O4. The molecule has 0 bridgehead atoms. The number of fused-ring (bicyclic) bond motifs is 1. The van der Waals surface area contributed by atoms with Gasteiger partial charge in [0.05, 0.1) is 6.61 Å². The number of carboxylic acids is 1. The second-order valence-corrected chi connectivity index (χ2v) is 9.83. The number of nitrogens with zero attached hydrogens (tertiary/aromatic N) is 3. The van der Waals surface area contributed by atoms with E-state index in [0.29, 0.717) is 23.6 Å². The SMILES string of the molecule is CCCCCCCCOc1cc(-n2nc3ccccc3n2)c(O)c(C(C)(C)C)c1CCC(=O)O. The summed E-state index contributed by atoms with van der Waals surface area (Å²) in [5, 5.41) is 29.8. The van der Waals surface area contributed by atoms with Crippen LogP contribution in [-0.2, 0) is 16.6 Å². The number of phenols is 1. The van der Waals surface area contributed by atoms with Crippen molar-refractivity contribution in [2.75, 3.05) is 6.61 Å². The summed E-state index contributed by atoms with van der Waals surface area (Å²) in [5.41, 5.74) is 2.84. The van der Waals surface area contributed by atoms with Gasteiger partial charge >= 0.3 is 5.97 Å². The number of aromatic nitrogens is 3. The van der Waals surface area contributed by atoms with Crippen LogP contribution in [0.15, 0.2) is 30.3 Å². The summed E-state index contributed by atoms with van der Waals surface area (Å²) in [4.78, 5) is 12.8. The first-order valence-electron chi connectivity index (χ1n) is 12.3. The van der Waals surface area contributed by atoms with Gasteiger partial charge in [-0.1, -0.05) is 71.9 Å². The summed E-state index contributed by atoms with van der Waals surface area (Å²) < 4.78 is 6.23. The average Bonchev–Trinajstić information content (AvgIpc) is 3.20. The maximum absolute atomic E-state index is 11.4. The van der Waals surface area contributed by atoms with Crippen LogP contribution < -0.4 is 4.74 Å². The summed E-state index contributed by atoms with van der Waals surface area (Å²) in [6.45, 7) is 8.74. The molecule has 0 spiro atoms. The lowest BCUT2D eigenvalue weighted by atomic mass is 9.81. The van der Waals surface area contributed by atoms with Gasteiger partial charge < -0.3 is 14.9 Å². The standard InChI is InChI=1S/C27H37N3O4/c1-5-6-7-8-9-12-17-34-23-18-22(30-28-20-13-10-11-14-21(20)29-30)26(33)25(27(2,3)4)19(23)15-16-24(31)32/h10-11,13-14,18,33H,5-9,12,15-17H2,1-4H3,(H,31,32). The second kappa shape index (κ2) is 11.4. The highest BCUT2D eigenvalue weighted by molar-refractivity contribution is 5.74. The summed E-state index contributed by atoms with van der Waals surface area (Å²) >= 11 is 0. The topological polar surface area (TPSA) is 97.5 Å². The highest BCUT2D eigenvalue weighted by atomic mass is 16.5. The van der Waals surface area contributed by atoms with E-state index in [-0.39, 0.29) is 18.6 Å². The number of aliphatic carboxylic acids is 1. The number of hydrogen-bond acceptors (Lipinski definition) is 5. The lowest BCUT2D eigenvalue weighted by molar-refractivity contribution is -0.136. The molecule has 7 heteroatoms. The molecule has 1 aromatic heterocycles. The second-order valence-electron chi connectivity index (χ2n) is 9.83. The van der Waals surface area contributed by atoms with Gasteiger partial charge in [0.2, 0.25) is 0 Å². The van der Waals surface area contributed by atoms with E-state index in [4.69, 9.17) is 4.74 Å². The van der Waals surface area contributed by atoms with Crippen LogP contribution in [0, 0.1) is 0 Å². The molecule has 0 saturated carbocycles. The fraction of sp³-hybridized carbons (Fsp3) is 0.519. The van der Waals surface area contributed by atoms with Crippen LogP contribution in [-0.4, -0.2) is 37.8 Å². The molecule has 3 aromatic rings. The van der Waals surface area contributed by atoms with Crippen LogP contribution >= 0.6 is 0 Å². The van der Waals surface area contributed by atoms with Crippen molar-refractivity contribution in [1.29, 1.82) is 0 Å². The molecule has 7 nitrogen and oxygen atoms in total. The lowest BCUT2D eigenvalue weighted by Gasteiger charge is -2.27. The maximum atomic E-state index is 11.4. The van der Waals surface area contributed by atoms with Crippen molar-refractivity contribution in [3.63, 3.8) is 0 Å². The number of benzene rings is 2. The van der Waals surface area contributed by atoms with Crippen LogP contribution in [0.4, 0.5) is 0 Å². The third-order valence-electron chi connectivity index (χ3n) is 5.94. The van der Waals surface area contributed by atoms with Crippen molar-refractivity contribution < 1.29 is 19.7 Å². The van der Waals surface area contributed by atoms with Crippen LogP contribution in [0.25, 0.3) is 16.7 Å². The minimum absolute atomic E-state index is 0.0425. The van der Waals surface area contributed by atoms with E-state index >= 15 is 0 Å². The monoisotopic (exact) mass is 467 g/mol. The Morgan fingerprint density at radius 1 is 1.03 bits per heavy atom. The lowest BCUT2D eigenvalue weighted by Crippen LogP contribution is -2.18. The van der Waals surface area contributed by atoms with Gasteiger partial charge in [-0.05, 0) is 30.4 Å². The van der Waals surface area contributed by atoms with Gasteiger partial charge in [-0.3, -0.25) is 4.79 Å². The molecule has 0 unspecified atom stereocenters. The first-order valence-corrected chi connectivity index (χ1v) is 12.3. The van der Waals surface area contributed by atoms with Gasteiger partial charge in [0.1, 0.15) is 28.2 Å². The highest BCUT2D eigenvalue weighted by Gasteiger charge is 2.29. The van der Waals surface area contributed by atoms with Gasteiger partial charge in [0.15, 0.2) is 0 Å². The minimum Gasteiger partial charge on any atom is -0.505 e. The number of carbonyl (C=O) groups is 1. The Balaban J connectivity index is 2.00. The van der Waals surface area contributed by atoms with Gasteiger partial charge in [0, 0.05) is 23.6 Å². The summed E-state index contributed by atoms with van der Waals surface area (Å²) in [6.07, 6.45) is 7.13. The molecule has 0 saturated heterocycles. The van der Waals surface area contributed by atoms with Crippen molar-refractivity contribution in [3.8, 4) is 17.2 Å². The Morgan fingerprint density at radius 3 is 2.24 bits per heavy atom.